The van der Waals surface area contributed by atoms with Gasteiger partial charge in [0.2, 0.25) is 0 Å². The minimum Gasteiger partial charge on any atom is -0.373 e. The number of para-hydroxylation sites is 1. The molecule has 0 radical (unpaired) electrons. The van der Waals surface area contributed by atoms with Crippen LogP contribution in [0.25, 0.3) is 0 Å². The van der Waals surface area contributed by atoms with Gasteiger partial charge in [-0.05, 0) is 18.6 Å². The summed E-state index contributed by atoms with van der Waals surface area (Å²) in [7, 11) is 3.43. The molecule has 0 atom stereocenters. The van der Waals surface area contributed by atoms with Crippen molar-refractivity contribution in [3.8, 4) is 0 Å². The summed E-state index contributed by atoms with van der Waals surface area (Å²) in [6, 6.07) is 9.07. The molecule has 2 amide bonds. The van der Waals surface area contributed by atoms with E-state index in [-0.39, 0.29) is 6.03 Å². The van der Waals surface area contributed by atoms with E-state index in [2.05, 4.69) is 20.6 Å². The van der Waals surface area contributed by atoms with E-state index in [9.17, 15) is 4.79 Å². The summed E-state index contributed by atoms with van der Waals surface area (Å²) >= 11 is 0. The summed E-state index contributed by atoms with van der Waals surface area (Å²) in [6.45, 7) is 1.94. The van der Waals surface area contributed by atoms with Crippen LogP contribution < -0.4 is 15.5 Å². The number of carbonyl (C=O) groups excluding carboxylic acids is 1. The van der Waals surface area contributed by atoms with Crippen LogP contribution in [-0.4, -0.2) is 30.1 Å². The number of urea groups is 1. The number of amides is 2. The molecule has 1 heterocycles. The van der Waals surface area contributed by atoms with Crippen molar-refractivity contribution in [3.05, 3.63) is 42.2 Å². The number of nitrogens with zero attached hydrogens (tertiary/aromatic N) is 3. The third-order valence-corrected chi connectivity index (χ3v) is 2.94. The maximum absolute atomic E-state index is 12.2. The van der Waals surface area contributed by atoms with E-state index in [0.29, 0.717) is 11.6 Å². The third-order valence-electron chi connectivity index (χ3n) is 2.94. The minimum absolute atomic E-state index is 0.250. The van der Waals surface area contributed by atoms with Crippen molar-refractivity contribution < 1.29 is 4.79 Å². The third kappa shape index (κ3) is 3.03. The molecule has 0 saturated heterocycles. The van der Waals surface area contributed by atoms with Gasteiger partial charge >= 0.3 is 6.03 Å². The first-order valence-corrected chi connectivity index (χ1v) is 6.22. The van der Waals surface area contributed by atoms with E-state index in [1.807, 2.05) is 31.2 Å². The molecule has 6 heteroatoms. The van der Waals surface area contributed by atoms with Gasteiger partial charge < -0.3 is 10.6 Å². The van der Waals surface area contributed by atoms with E-state index in [4.69, 9.17) is 0 Å². The van der Waals surface area contributed by atoms with Crippen molar-refractivity contribution in [2.45, 2.75) is 6.92 Å². The second kappa shape index (κ2) is 6.01. The summed E-state index contributed by atoms with van der Waals surface area (Å²) < 4.78 is 0. The van der Waals surface area contributed by atoms with Gasteiger partial charge in [-0.2, -0.15) is 0 Å². The molecule has 104 valence electrons. The lowest BCUT2D eigenvalue weighted by Crippen LogP contribution is -2.32. The summed E-state index contributed by atoms with van der Waals surface area (Å²) in [6.07, 6.45) is 1.42. The van der Waals surface area contributed by atoms with Crippen molar-refractivity contribution in [1.82, 2.24) is 9.97 Å². The number of rotatable bonds is 3. The van der Waals surface area contributed by atoms with Gasteiger partial charge in [-0.1, -0.05) is 18.2 Å². The molecule has 20 heavy (non-hydrogen) atoms. The lowest BCUT2D eigenvalue weighted by atomic mass is 10.2. The topological polar surface area (TPSA) is 70.2 Å². The van der Waals surface area contributed by atoms with Crippen LogP contribution in [0.15, 0.2) is 36.7 Å². The second-order valence-electron chi connectivity index (χ2n) is 4.32. The van der Waals surface area contributed by atoms with E-state index in [1.165, 1.54) is 11.2 Å². The Balaban J connectivity index is 2.14. The zero-order valence-corrected chi connectivity index (χ0v) is 11.7. The Labute approximate surface area is 117 Å². The van der Waals surface area contributed by atoms with E-state index >= 15 is 0 Å². The SMILES string of the molecule is CNc1cc(N(C)C(=O)Nc2ccccc2C)ncn1. The van der Waals surface area contributed by atoms with Crippen LogP contribution in [0.2, 0.25) is 0 Å². The molecular weight excluding hydrogens is 254 g/mol. The molecule has 0 aliphatic rings. The Morgan fingerprint density at radius 2 is 2.00 bits per heavy atom. The van der Waals surface area contributed by atoms with Crippen molar-refractivity contribution in [2.24, 2.45) is 0 Å². The maximum atomic E-state index is 12.2. The minimum atomic E-state index is -0.250. The van der Waals surface area contributed by atoms with Crippen LogP contribution in [0.4, 0.5) is 22.1 Å². The Kier molecular flexibility index (Phi) is 4.14. The average molecular weight is 271 g/mol. The van der Waals surface area contributed by atoms with Crippen molar-refractivity contribution in [3.63, 3.8) is 0 Å². The summed E-state index contributed by atoms with van der Waals surface area (Å²) in [4.78, 5) is 21.7. The molecule has 1 aromatic heterocycles. The summed E-state index contributed by atoms with van der Waals surface area (Å²) in [5.74, 6) is 1.18. The van der Waals surface area contributed by atoms with Crippen molar-refractivity contribution >= 4 is 23.4 Å². The molecule has 0 spiro atoms. The first-order valence-electron chi connectivity index (χ1n) is 6.22. The molecule has 2 rings (SSSR count). The number of hydrogen-bond acceptors (Lipinski definition) is 4. The quantitative estimate of drug-likeness (QED) is 0.899. The van der Waals surface area contributed by atoms with E-state index < -0.39 is 0 Å². The van der Waals surface area contributed by atoms with Gasteiger partial charge in [0, 0.05) is 25.8 Å². The van der Waals surface area contributed by atoms with Gasteiger partial charge in [-0.25, -0.2) is 14.8 Å². The zero-order chi connectivity index (χ0) is 14.5. The number of benzene rings is 1. The highest BCUT2D eigenvalue weighted by molar-refractivity contribution is 6.01. The normalized spacial score (nSPS) is 9.95. The number of carbonyl (C=O) groups is 1. The summed E-state index contributed by atoms with van der Waals surface area (Å²) in [5, 5.41) is 5.76. The van der Waals surface area contributed by atoms with Gasteiger partial charge in [0.15, 0.2) is 0 Å². The lowest BCUT2D eigenvalue weighted by molar-refractivity contribution is 0.258. The van der Waals surface area contributed by atoms with Gasteiger partial charge in [0.1, 0.15) is 18.0 Å². The maximum Gasteiger partial charge on any atom is 0.327 e. The van der Waals surface area contributed by atoms with Crippen LogP contribution in [0.1, 0.15) is 5.56 Å². The van der Waals surface area contributed by atoms with Crippen molar-refractivity contribution in [2.75, 3.05) is 29.6 Å². The fourth-order valence-corrected chi connectivity index (χ4v) is 1.68. The molecule has 0 aliphatic carbocycles. The number of aryl methyl sites for hydroxylation is 1. The van der Waals surface area contributed by atoms with E-state index in [1.54, 1.807) is 20.2 Å². The summed E-state index contributed by atoms with van der Waals surface area (Å²) in [5.41, 5.74) is 1.79. The molecule has 1 aromatic carbocycles. The molecule has 2 N–H and O–H groups in total. The molecule has 0 bridgehead atoms. The Hall–Kier alpha value is -2.63. The highest BCUT2D eigenvalue weighted by Gasteiger charge is 2.13. The molecule has 0 fully saturated rings. The van der Waals surface area contributed by atoms with Crippen LogP contribution in [-0.2, 0) is 0 Å². The number of nitrogens with one attached hydrogen (secondary N) is 2. The van der Waals surface area contributed by atoms with Gasteiger partial charge in [0.25, 0.3) is 0 Å². The van der Waals surface area contributed by atoms with Crippen LogP contribution >= 0.6 is 0 Å². The monoisotopic (exact) mass is 271 g/mol. The predicted molar refractivity (Wildman–Crippen MR) is 80.2 cm³/mol. The largest absolute Gasteiger partial charge is 0.373 e. The standard InChI is InChI=1S/C14H17N5O/c1-10-6-4-5-7-11(10)18-14(20)19(3)13-8-12(15-2)16-9-17-13/h4-9H,1-3H3,(H,18,20)(H,15,16,17). The zero-order valence-electron chi connectivity index (χ0n) is 11.7. The molecule has 2 aromatic rings. The fourth-order valence-electron chi connectivity index (χ4n) is 1.68. The molecule has 6 nitrogen and oxygen atoms in total. The van der Waals surface area contributed by atoms with Crippen LogP contribution in [0.5, 0.6) is 0 Å². The Bertz CT molecular complexity index is 614. The Morgan fingerprint density at radius 1 is 1.25 bits per heavy atom. The lowest BCUT2D eigenvalue weighted by Gasteiger charge is -2.18. The number of aromatic nitrogens is 2. The van der Waals surface area contributed by atoms with E-state index in [0.717, 1.165) is 11.3 Å². The predicted octanol–water partition coefficient (Wildman–Crippen LogP) is 2.50. The van der Waals surface area contributed by atoms with Crippen LogP contribution in [0, 0.1) is 6.92 Å². The highest BCUT2D eigenvalue weighted by Crippen LogP contribution is 2.16. The second-order valence-corrected chi connectivity index (χ2v) is 4.32. The first kappa shape index (κ1) is 13.8. The van der Waals surface area contributed by atoms with Gasteiger partial charge in [-0.3, -0.25) is 4.90 Å². The molecule has 0 saturated carbocycles. The smallest absolute Gasteiger partial charge is 0.327 e. The molecule has 0 unspecified atom stereocenters. The van der Waals surface area contributed by atoms with Gasteiger partial charge in [-0.15, -0.1) is 0 Å². The van der Waals surface area contributed by atoms with Gasteiger partial charge in [0.05, 0.1) is 0 Å². The fraction of sp³-hybridized carbons (Fsp3) is 0.214. The number of anilines is 3. The molecule has 0 aliphatic heterocycles. The average Bonchev–Trinajstić information content (AvgIpc) is 2.48. The van der Waals surface area contributed by atoms with Crippen LogP contribution in [0.3, 0.4) is 0 Å². The Morgan fingerprint density at radius 3 is 2.70 bits per heavy atom. The first-order chi connectivity index (χ1) is 9.61. The highest BCUT2D eigenvalue weighted by atomic mass is 16.2. The molecular formula is C14H17N5O. The van der Waals surface area contributed by atoms with Crippen molar-refractivity contribution in [1.29, 1.82) is 0 Å². The number of hydrogen-bond donors (Lipinski definition) is 2.